The predicted octanol–water partition coefficient (Wildman–Crippen LogP) is 2.59. The molecule has 0 aliphatic heterocycles. The molecule has 6 aromatic rings. The summed E-state index contributed by atoms with van der Waals surface area (Å²) in [6.45, 7) is 0. The average Bonchev–Trinajstić information content (AvgIpc) is 3.01. The molecular formula is C34H26O2Se4. The van der Waals surface area contributed by atoms with Gasteiger partial charge in [0, 0.05) is 0 Å². The van der Waals surface area contributed by atoms with Crippen LogP contribution in [-0.2, 0) is 0 Å². The van der Waals surface area contributed by atoms with Crippen molar-refractivity contribution in [3.63, 3.8) is 0 Å². The minimum atomic E-state index is 0.235. The van der Waals surface area contributed by atoms with Crippen molar-refractivity contribution < 1.29 is 9.47 Å². The monoisotopic (exact) mass is 786 g/mol. The third kappa shape index (κ3) is 6.21. The standard InChI is InChI=1S/C34H26O2Se4/c1-35-25-15-19-27(20-16-25)37-29-11-3-7-23-9-5-13-31(33(23)29)39-40-32-14-6-10-24-8-4-12-30(34(24)32)38-28-21-17-26(36-2)18-22-28/h3-22H,1-2H3. The molecule has 0 saturated heterocycles. The molecule has 0 heterocycles. The summed E-state index contributed by atoms with van der Waals surface area (Å²) in [7, 11) is 3.44. The molecule has 0 aliphatic carbocycles. The Morgan fingerprint density at radius 2 is 0.750 bits per heavy atom. The van der Waals surface area contributed by atoms with Crippen LogP contribution in [-0.4, -0.2) is 70.4 Å². The van der Waals surface area contributed by atoms with Gasteiger partial charge in [-0.15, -0.1) is 0 Å². The molecule has 0 aliphatic rings. The summed E-state index contributed by atoms with van der Waals surface area (Å²) in [5, 5.41) is 5.63. The van der Waals surface area contributed by atoms with Gasteiger partial charge in [0.2, 0.25) is 0 Å². The summed E-state index contributed by atoms with van der Waals surface area (Å²) in [4.78, 5) is 0. The van der Waals surface area contributed by atoms with E-state index in [9.17, 15) is 0 Å². The summed E-state index contributed by atoms with van der Waals surface area (Å²) >= 11 is 1.21. The summed E-state index contributed by atoms with van der Waals surface area (Å²) in [6.07, 6.45) is 0. The average molecular weight is 782 g/mol. The minimum absolute atomic E-state index is 0.235. The van der Waals surface area contributed by atoms with Gasteiger partial charge in [-0.2, -0.15) is 0 Å². The van der Waals surface area contributed by atoms with Gasteiger partial charge >= 0.3 is 261 Å². The second-order valence-electron chi connectivity index (χ2n) is 8.94. The Labute approximate surface area is 259 Å². The van der Waals surface area contributed by atoms with Crippen LogP contribution in [0.3, 0.4) is 0 Å². The van der Waals surface area contributed by atoms with Gasteiger partial charge in [-0.1, -0.05) is 0 Å². The van der Waals surface area contributed by atoms with E-state index in [1.165, 1.54) is 48.3 Å². The van der Waals surface area contributed by atoms with Crippen LogP contribution in [0.4, 0.5) is 0 Å². The second kappa shape index (κ2) is 13.0. The first-order valence-electron chi connectivity index (χ1n) is 12.7. The quantitative estimate of drug-likeness (QED) is 0.211. The van der Waals surface area contributed by atoms with Gasteiger partial charge < -0.3 is 0 Å². The number of hydrogen-bond donors (Lipinski definition) is 0. The molecule has 0 radical (unpaired) electrons. The SMILES string of the molecule is COc1ccc([Se]c2cccc3cccc([Se][Se]c4cccc5cccc([Se]c6ccc(OC)cc6)c45)c23)cc1. The molecule has 0 bridgehead atoms. The summed E-state index contributed by atoms with van der Waals surface area (Å²) in [5.74, 6) is 1.82. The van der Waals surface area contributed by atoms with Crippen molar-refractivity contribution in [1.29, 1.82) is 0 Å². The summed E-state index contributed by atoms with van der Waals surface area (Å²) in [5.41, 5.74) is 0. The maximum absolute atomic E-state index is 5.37. The van der Waals surface area contributed by atoms with Crippen LogP contribution in [0.25, 0.3) is 21.5 Å². The number of methoxy groups -OCH3 is 2. The fraction of sp³-hybridized carbons (Fsp3) is 0.0588. The zero-order valence-electron chi connectivity index (χ0n) is 22.0. The van der Waals surface area contributed by atoms with Crippen LogP contribution in [0.1, 0.15) is 0 Å². The Hall–Kier alpha value is -2.48. The number of rotatable bonds is 9. The first-order valence-corrected chi connectivity index (χ1v) is 22.2. The number of fused-ring (bicyclic) bond motifs is 2. The van der Waals surface area contributed by atoms with E-state index in [0.29, 0.717) is 26.3 Å². The van der Waals surface area contributed by atoms with Crippen LogP contribution in [0.2, 0.25) is 0 Å². The molecule has 198 valence electrons. The molecule has 6 aromatic carbocycles. The van der Waals surface area contributed by atoms with Gasteiger partial charge in [0.05, 0.1) is 0 Å². The van der Waals surface area contributed by atoms with Crippen molar-refractivity contribution in [2.75, 3.05) is 14.2 Å². The van der Waals surface area contributed by atoms with E-state index in [4.69, 9.17) is 9.47 Å². The molecule has 0 saturated carbocycles. The van der Waals surface area contributed by atoms with Crippen LogP contribution in [0, 0.1) is 0 Å². The molecule has 2 nitrogen and oxygen atoms in total. The van der Waals surface area contributed by atoms with Gasteiger partial charge in [-0.3, -0.25) is 0 Å². The Morgan fingerprint density at radius 1 is 0.400 bits per heavy atom. The first-order chi connectivity index (χ1) is 19.7. The van der Waals surface area contributed by atoms with Gasteiger partial charge in [0.1, 0.15) is 0 Å². The normalized spacial score (nSPS) is 11.2. The number of ether oxygens (including phenoxy) is 2. The Kier molecular flexibility index (Phi) is 9.00. The third-order valence-corrected chi connectivity index (χ3v) is 18.1. The molecule has 40 heavy (non-hydrogen) atoms. The van der Waals surface area contributed by atoms with Crippen molar-refractivity contribution in [2.24, 2.45) is 0 Å². The molecule has 0 unspecified atom stereocenters. The van der Waals surface area contributed by atoms with E-state index in [-0.39, 0.29) is 29.9 Å². The third-order valence-electron chi connectivity index (χ3n) is 6.45. The van der Waals surface area contributed by atoms with Gasteiger partial charge in [-0.25, -0.2) is 0 Å². The van der Waals surface area contributed by atoms with Crippen molar-refractivity contribution in [3.05, 3.63) is 121 Å². The second-order valence-corrected chi connectivity index (χ2v) is 19.8. The summed E-state index contributed by atoms with van der Waals surface area (Å²) in [6, 6.07) is 44.5. The molecule has 0 amide bonds. The fourth-order valence-electron chi connectivity index (χ4n) is 4.49. The number of benzene rings is 6. The van der Waals surface area contributed by atoms with Gasteiger partial charge in [0.15, 0.2) is 0 Å². The van der Waals surface area contributed by atoms with E-state index >= 15 is 0 Å². The van der Waals surface area contributed by atoms with Crippen LogP contribution >= 0.6 is 0 Å². The Bertz CT molecular complexity index is 1620. The zero-order valence-corrected chi connectivity index (χ0v) is 28.8. The first kappa shape index (κ1) is 27.7. The van der Waals surface area contributed by atoms with E-state index in [1.807, 2.05) is 0 Å². The van der Waals surface area contributed by atoms with Gasteiger partial charge in [0.25, 0.3) is 0 Å². The van der Waals surface area contributed by atoms with E-state index in [0.717, 1.165) is 11.5 Å². The zero-order chi connectivity index (χ0) is 27.3. The molecular weight excluding hydrogens is 756 g/mol. The van der Waals surface area contributed by atoms with Crippen molar-refractivity contribution in [1.82, 2.24) is 0 Å². The maximum atomic E-state index is 5.37. The molecule has 0 N–H and O–H groups in total. The fourth-order valence-corrected chi connectivity index (χ4v) is 16.6. The van der Waals surface area contributed by atoms with Crippen molar-refractivity contribution >= 4 is 104 Å². The topological polar surface area (TPSA) is 18.5 Å². The summed E-state index contributed by atoms with van der Waals surface area (Å²) < 4.78 is 19.4. The van der Waals surface area contributed by atoms with E-state index in [2.05, 4.69) is 121 Å². The van der Waals surface area contributed by atoms with Crippen molar-refractivity contribution in [3.8, 4) is 11.5 Å². The number of hydrogen-bond acceptors (Lipinski definition) is 2. The predicted molar refractivity (Wildman–Crippen MR) is 175 cm³/mol. The van der Waals surface area contributed by atoms with Crippen LogP contribution in [0.5, 0.6) is 11.5 Å². The molecule has 0 spiro atoms. The Balaban J connectivity index is 1.32. The van der Waals surface area contributed by atoms with E-state index < -0.39 is 0 Å². The molecule has 6 heteroatoms. The van der Waals surface area contributed by atoms with E-state index in [1.54, 1.807) is 14.2 Å². The van der Waals surface area contributed by atoms with Gasteiger partial charge in [-0.05, 0) is 0 Å². The Morgan fingerprint density at radius 3 is 1.10 bits per heavy atom. The molecule has 0 aromatic heterocycles. The molecule has 6 rings (SSSR count). The molecule has 0 fully saturated rings. The molecule has 0 atom stereocenters. The van der Waals surface area contributed by atoms with Crippen LogP contribution in [0.15, 0.2) is 121 Å². The van der Waals surface area contributed by atoms with Crippen LogP contribution < -0.4 is 36.2 Å². The van der Waals surface area contributed by atoms with Crippen molar-refractivity contribution in [2.45, 2.75) is 0 Å².